The van der Waals surface area contributed by atoms with Gasteiger partial charge in [-0.3, -0.25) is 4.98 Å². The van der Waals surface area contributed by atoms with Gasteiger partial charge in [-0.2, -0.15) is 5.26 Å². The normalized spacial score (nSPS) is 10.7. The number of nitrogens with one attached hydrogen (secondary N) is 3. The lowest BCUT2D eigenvalue weighted by atomic mass is 10.1. The second-order valence-corrected chi connectivity index (χ2v) is 7.05. The molecule has 1 aromatic heterocycles. The van der Waals surface area contributed by atoms with Crippen LogP contribution in [-0.4, -0.2) is 32.2 Å². The van der Waals surface area contributed by atoms with Gasteiger partial charge in [-0.15, -0.1) is 0 Å². The molecule has 0 atom stereocenters. The van der Waals surface area contributed by atoms with E-state index in [0.29, 0.717) is 28.9 Å². The number of nitriles is 1. The van der Waals surface area contributed by atoms with Crippen molar-refractivity contribution >= 4 is 27.4 Å². The van der Waals surface area contributed by atoms with Crippen molar-refractivity contribution in [2.75, 3.05) is 23.4 Å². The number of urea groups is 1. The first-order valence-corrected chi connectivity index (χ1v) is 9.22. The standard InChI is InChI=1S/C16H17N5O3S/c1-25(23,24)19-8-6-13-5-4-12(10-17)9-15(13)21-16(22)20-14-3-2-7-18-11-14/h2-5,7,9,11,19H,6,8H2,1H3,(H2,20,21,22). The summed E-state index contributed by atoms with van der Waals surface area (Å²) in [6, 6.07) is 9.73. The van der Waals surface area contributed by atoms with Crippen LogP contribution in [0.1, 0.15) is 11.1 Å². The number of rotatable bonds is 6. The van der Waals surface area contributed by atoms with Gasteiger partial charge in [-0.05, 0) is 36.2 Å². The second kappa shape index (κ2) is 8.23. The average molecular weight is 359 g/mol. The van der Waals surface area contributed by atoms with Crippen LogP contribution in [0.3, 0.4) is 0 Å². The van der Waals surface area contributed by atoms with Gasteiger partial charge in [-0.25, -0.2) is 17.9 Å². The molecule has 0 radical (unpaired) electrons. The van der Waals surface area contributed by atoms with Crippen molar-refractivity contribution in [3.8, 4) is 6.07 Å². The Labute approximate surface area is 145 Å². The lowest BCUT2D eigenvalue weighted by molar-refractivity contribution is 0.262. The van der Waals surface area contributed by atoms with Crippen molar-refractivity contribution in [3.63, 3.8) is 0 Å². The van der Waals surface area contributed by atoms with Crippen LogP contribution in [0.2, 0.25) is 0 Å². The summed E-state index contributed by atoms with van der Waals surface area (Å²) in [5, 5.41) is 14.3. The minimum atomic E-state index is -3.29. The number of pyridine rings is 1. The summed E-state index contributed by atoms with van der Waals surface area (Å²) >= 11 is 0. The summed E-state index contributed by atoms with van der Waals surface area (Å²) < 4.78 is 24.7. The number of anilines is 2. The molecular formula is C16H17N5O3S. The molecule has 9 heteroatoms. The maximum absolute atomic E-state index is 12.1. The van der Waals surface area contributed by atoms with E-state index in [2.05, 4.69) is 20.3 Å². The van der Waals surface area contributed by atoms with Crippen molar-refractivity contribution < 1.29 is 13.2 Å². The Hall–Kier alpha value is -2.96. The Morgan fingerprint density at radius 3 is 2.72 bits per heavy atom. The number of benzene rings is 1. The van der Waals surface area contributed by atoms with Crippen LogP contribution in [0.15, 0.2) is 42.7 Å². The molecule has 3 N–H and O–H groups in total. The van der Waals surface area contributed by atoms with E-state index in [-0.39, 0.29) is 6.54 Å². The van der Waals surface area contributed by atoms with Gasteiger partial charge in [0.15, 0.2) is 0 Å². The summed E-state index contributed by atoms with van der Waals surface area (Å²) in [5.41, 5.74) is 2.06. The van der Waals surface area contributed by atoms with Crippen LogP contribution in [0.4, 0.5) is 16.2 Å². The molecule has 0 bridgehead atoms. The van der Waals surface area contributed by atoms with Gasteiger partial charge in [0.25, 0.3) is 0 Å². The quantitative estimate of drug-likeness (QED) is 0.724. The topological polar surface area (TPSA) is 124 Å². The molecule has 25 heavy (non-hydrogen) atoms. The minimum absolute atomic E-state index is 0.184. The molecule has 2 amide bonds. The smallest absolute Gasteiger partial charge is 0.307 e. The molecule has 0 spiro atoms. The predicted octanol–water partition coefficient (Wildman–Crippen LogP) is 1.69. The third-order valence-corrected chi connectivity index (χ3v) is 3.89. The predicted molar refractivity (Wildman–Crippen MR) is 94.6 cm³/mol. The molecule has 1 heterocycles. The highest BCUT2D eigenvalue weighted by atomic mass is 32.2. The lowest BCUT2D eigenvalue weighted by Gasteiger charge is -2.12. The van der Waals surface area contributed by atoms with Gasteiger partial charge < -0.3 is 10.6 Å². The number of sulfonamides is 1. The van der Waals surface area contributed by atoms with Gasteiger partial charge in [0.2, 0.25) is 10.0 Å². The fourth-order valence-electron chi connectivity index (χ4n) is 2.07. The number of carbonyl (C=O) groups is 1. The van der Waals surface area contributed by atoms with Crippen molar-refractivity contribution in [2.45, 2.75) is 6.42 Å². The van der Waals surface area contributed by atoms with Crippen LogP contribution < -0.4 is 15.4 Å². The highest BCUT2D eigenvalue weighted by Crippen LogP contribution is 2.19. The number of aromatic nitrogens is 1. The van der Waals surface area contributed by atoms with Gasteiger partial charge >= 0.3 is 6.03 Å². The van der Waals surface area contributed by atoms with E-state index in [1.807, 2.05) is 6.07 Å². The van der Waals surface area contributed by atoms with Crippen LogP contribution in [-0.2, 0) is 16.4 Å². The Balaban J connectivity index is 2.11. The zero-order valence-corrected chi connectivity index (χ0v) is 14.3. The SMILES string of the molecule is CS(=O)(=O)NCCc1ccc(C#N)cc1NC(=O)Nc1cccnc1. The fraction of sp³-hybridized carbons (Fsp3) is 0.188. The molecule has 1 aromatic carbocycles. The Morgan fingerprint density at radius 1 is 1.28 bits per heavy atom. The number of hydrogen-bond donors (Lipinski definition) is 3. The summed E-state index contributed by atoms with van der Waals surface area (Å²) in [4.78, 5) is 16.0. The first kappa shape index (κ1) is 18.4. The highest BCUT2D eigenvalue weighted by Gasteiger charge is 2.10. The van der Waals surface area contributed by atoms with Gasteiger partial charge in [0.05, 0.1) is 29.8 Å². The minimum Gasteiger partial charge on any atom is -0.307 e. The first-order valence-electron chi connectivity index (χ1n) is 7.33. The fourth-order valence-corrected chi connectivity index (χ4v) is 2.55. The molecule has 0 unspecified atom stereocenters. The van der Waals surface area contributed by atoms with Crippen molar-refractivity contribution in [1.29, 1.82) is 5.26 Å². The Morgan fingerprint density at radius 2 is 2.08 bits per heavy atom. The molecule has 8 nitrogen and oxygen atoms in total. The number of nitrogens with zero attached hydrogens (tertiary/aromatic N) is 2. The van der Waals surface area contributed by atoms with Crippen LogP contribution in [0, 0.1) is 11.3 Å². The maximum atomic E-state index is 12.1. The van der Waals surface area contributed by atoms with Crippen molar-refractivity contribution in [2.24, 2.45) is 0 Å². The van der Waals surface area contributed by atoms with Crippen molar-refractivity contribution in [1.82, 2.24) is 9.71 Å². The van der Waals surface area contributed by atoms with E-state index >= 15 is 0 Å². The van der Waals surface area contributed by atoms with Gasteiger partial charge in [0, 0.05) is 18.4 Å². The van der Waals surface area contributed by atoms with E-state index in [4.69, 9.17) is 5.26 Å². The number of carbonyl (C=O) groups excluding carboxylic acids is 1. The molecule has 2 rings (SSSR count). The zero-order valence-electron chi connectivity index (χ0n) is 13.5. The molecule has 0 saturated carbocycles. The molecule has 0 saturated heterocycles. The van der Waals surface area contributed by atoms with Crippen LogP contribution in [0.5, 0.6) is 0 Å². The summed E-state index contributed by atoms with van der Waals surface area (Å²) in [7, 11) is -3.29. The van der Waals surface area contributed by atoms with E-state index in [1.165, 1.54) is 6.20 Å². The molecule has 0 aliphatic carbocycles. The van der Waals surface area contributed by atoms with Crippen LogP contribution in [0.25, 0.3) is 0 Å². The van der Waals surface area contributed by atoms with Gasteiger partial charge in [0.1, 0.15) is 0 Å². The molecule has 130 valence electrons. The number of hydrogen-bond acceptors (Lipinski definition) is 5. The van der Waals surface area contributed by atoms with E-state index < -0.39 is 16.1 Å². The van der Waals surface area contributed by atoms with Gasteiger partial charge in [-0.1, -0.05) is 6.07 Å². The molecule has 2 aromatic rings. The third kappa shape index (κ3) is 6.21. The largest absolute Gasteiger partial charge is 0.323 e. The number of amides is 2. The van der Waals surface area contributed by atoms with E-state index in [0.717, 1.165) is 6.26 Å². The highest BCUT2D eigenvalue weighted by molar-refractivity contribution is 7.88. The van der Waals surface area contributed by atoms with Crippen molar-refractivity contribution in [3.05, 3.63) is 53.9 Å². The van der Waals surface area contributed by atoms with E-state index in [1.54, 1.807) is 36.5 Å². The molecule has 0 aliphatic rings. The molecular weight excluding hydrogens is 342 g/mol. The van der Waals surface area contributed by atoms with E-state index in [9.17, 15) is 13.2 Å². The summed E-state index contributed by atoms with van der Waals surface area (Å²) in [6.07, 6.45) is 4.53. The molecule has 0 fully saturated rings. The maximum Gasteiger partial charge on any atom is 0.323 e. The Bertz CT molecular complexity index is 892. The first-order chi connectivity index (χ1) is 11.9. The summed E-state index contributed by atoms with van der Waals surface area (Å²) in [5.74, 6) is 0. The Kier molecular flexibility index (Phi) is 6.05. The van der Waals surface area contributed by atoms with Crippen LogP contribution >= 0.6 is 0 Å². The molecule has 0 aliphatic heterocycles. The lowest BCUT2D eigenvalue weighted by Crippen LogP contribution is -2.25. The zero-order chi connectivity index (χ0) is 18.3. The monoisotopic (exact) mass is 359 g/mol. The third-order valence-electron chi connectivity index (χ3n) is 3.17. The second-order valence-electron chi connectivity index (χ2n) is 5.22. The summed E-state index contributed by atoms with van der Waals surface area (Å²) in [6.45, 7) is 0.184. The average Bonchev–Trinajstić information content (AvgIpc) is 2.56.